The molecule has 3 aliphatic heterocycles. The highest BCUT2D eigenvalue weighted by Crippen LogP contribution is 2.40. The zero-order valence-electron chi connectivity index (χ0n) is 24.3. The average molecular weight is 605 g/mol. The molecule has 0 N–H and O–H groups in total. The van der Waals surface area contributed by atoms with Gasteiger partial charge in [0.2, 0.25) is 0 Å². The molecule has 0 bridgehead atoms. The van der Waals surface area contributed by atoms with E-state index >= 15 is 0 Å². The molecule has 2 saturated heterocycles. The van der Waals surface area contributed by atoms with E-state index in [9.17, 15) is 14.4 Å². The van der Waals surface area contributed by atoms with Crippen molar-refractivity contribution in [2.75, 3.05) is 44.7 Å². The van der Waals surface area contributed by atoms with E-state index in [1.54, 1.807) is 0 Å². The Hall–Kier alpha value is -3.78. The Morgan fingerprint density at radius 3 is 2.72 bits per heavy atom. The predicted octanol–water partition coefficient (Wildman–Crippen LogP) is 4.84. The summed E-state index contributed by atoms with van der Waals surface area (Å²) in [5, 5.41) is 12.2. The number of piperazine rings is 1. The molecule has 1 amide bonds. The fourth-order valence-electron chi connectivity index (χ4n) is 6.55. The number of hydrogen-bond donors (Lipinski definition) is 0. The lowest BCUT2D eigenvalue weighted by atomic mass is 9.94. The maximum atomic E-state index is 13.8. The van der Waals surface area contributed by atoms with Crippen LogP contribution in [0.25, 0.3) is 10.8 Å². The molecule has 0 radical (unpaired) electrons. The van der Waals surface area contributed by atoms with Gasteiger partial charge in [0.15, 0.2) is 5.83 Å². The Morgan fingerprint density at radius 1 is 1.21 bits per heavy atom. The second kappa shape index (κ2) is 12.1. The molecule has 2 aromatic carbocycles. The Kier molecular flexibility index (Phi) is 8.23. The monoisotopic (exact) mass is 604 g/mol. The molecule has 4 atom stereocenters. The van der Waals surface area contributed by atoms with E-state index < -0.39 is 17.8 Å². The van der Waals surface area contributed by atoms with Crippen LogP contribution in [0.5, 0.6) is 6.01 Å². The van der Waals surface area contributed by atoms with E-state index in [0.29, 0.717) is 42.3 Å². The molecule has 6 rings (SSSR count). The summed E-state index contributed by atoms with van der Waals surface area (Å²) >= 11 is 6.66. The number of aromatic nitrogens is 2. The van der Waals surface area contributed by atoms with Crippen LogP contribution in [0.1, 0.15) is 36.3 Å². The molecule has 3 aromatic rings. The second-order valence-electron chi connectivity index (χ2n) is 11.7. The summed E-state index contributed by atoms with van der Waals surface area (Å²) < 4.78 is 26.7. The van der Waals surface area contributed by atoms with Crippen molar-refractivity contribution in [1.29, 1.82) is 5.26 Å². The van der Waals surface area contributed by atoms with E-state index in [4.69, 9.17) is 31.0 Å². The van der Waals surface area contributed by atoms with E-state index in [-0.39, 0.29) is 31.8 Å². The summed E-state index contributed by atoms with van der Waals surface area (Å²) in [5.74, 6) is -0.851. The van der Waals surface area contributed by atoms with Gasteiger partial charge in [-0.3, -0.25) is 4.79 Å². The highest BCUT2D eigenvalue weighted by Gasteiger charge is 2.36. The summed E-state index contributed by atoms with van der Waals surface area (Å²) in [5.41, 5.74) is 2.67. The number of likely N-dealkylation sites (tertiary alicyclic amines) is 1. The number of likely N-dealkylation sites (N-methyl/N-ethyl adjacent to an activating group) is 1. The SMILES string of the molecule is C=C(F)C(=O)N1CCN(c2nc(OC3CN(C)CC3C)nc3c2COC(c2cccc4cccc(Cl)c24)C3)C[C@@H]1CC#N. The molecule has 3 unspecified atom stereocenters. The molecule has 1 aromatic heterocycles. The van der Waals surface area contributed by atoms with Gasteiger partial charge < -0.3 is 24.2 Å². The van der Waals surface area contributed by atoms with Crippen LogP contribution in [0.2, 0.25) is 5.02 Å². The number of carbonyl (C=O) groups excluding carboxylic acids is 1. The molecule has 0 saturated carbocycles. The Labute approximate surface area is 255 Å². The topological polar surface area (TPSA) is 94.8 Å². The van der Waals surface area contributed by atoms with Gasteiger partial charge in [0.25, 0.3) is 5.91 Å². The number of carbonyl (C=O) groups is 1. The first kappa shape index (κ1) is 29.3. The lowest BCUT2D eigenvalue weighted by Gasteiger charge is -2.42. The third-order valence-corrected chi connectivity index (χ3v) is 8.99. The third-order valence-electron chi connectivity index (χ3n) is 8.68. The highest BCUT2D eigenvalue weighted by molar-refractivity contribution is 6.35. The zero-order chi connectivity index (χ0) is 30.2. The molecule has 0 aliphatic carbocycles. The van der Waals surface area contributed by atoms with E-state index in [1.165, 1.54) is 4.90 Å². The van der Waals surface area contributed by atoms with Gasteiger partial charge in [-0.2, -0.15) is 15.2 Å². The molecule has 4 heterocycles. The molecule has 3 aliphatic rings. The van der Waals surface area contributed by atoms with Gasteiger partial charge in [-0.15, -0.1) is 0 Å². The van der Waals surface area contributed by atoms with Crippen molar-refractivity contribution in [3.05, 3.63) is 70.6 Å². The molecular weight excluding hydrogens is 571 g/mol. The number of nitrogens with zero attached hydrogens (tertiary/aromatic N) is 6. The van der Waals surface area contributed by atoms with E-state index in [2.05, 4.69) is 31.5 Å². The number of anilines is 1. The fraction of sp³-hybridized carbons (Fsp3) is 0.438. The van der Waals surface area contributed by atoms with Gasteiger partial charge in [0.1, 0.15) is 11.9 Å². The van der Waals surface area contributed by atoms with Crippen molar-refractivity contribution in [3.8, 4) is 12.1 Å². The van der Waals surface area contributed by atoms with Gasteiger partial charge in [-0.1, -0.05) is 55.4 Å². The van der Waals surface area contributed by atoms with Gasteiger partial charge in [0, 0.05) is 61.0 Å². The number of amides is 1. The van der Waals surface area contributed by atoms with Gasteiger partial charge in [-0.25, -0.2) is 4.39 Å². The number of benzene rings is 2. The molecule has 2 fully saturated rings. The van der Waals surface area contributed by atoms with Crippen molar-refractivity contribution in [1.82, 2.24) is 19.8 Å². The summed E-state index contributed by atoms with van der Waals surface area (Å²) in [6, 6.07) is 13.9. The lowest BCUT2D eigenvalue weighted by molar-refractivity contribution is -0.131. The van der Waals surface area contributed by atoms with Crippen LogP contribution in [0.3, 0.4) is 0 Å². The maximum absolute atomic E-state index is 13.8. The second-order valence-corrected chi connectivity index (χ2v) is 12.1. The normalized spacial score (nSPS) is 24.1. The van der Waals surface area contributed by atoms with E-state index in [0.717, 1.165) is 40.7 Å². The maximum Gasteiger partial charge on any atom is 0.318 e. The summed E-state index contributed by atoms with van der Waals surface area (Å²) in [6.45, 7) is 8.22. The predicted molar refractivity (Wildman–Crippen MR) is 161 cm³/mol. The summed E-state index contributed by atoms with van der Waals surface area (Å²) in [7, 11) is 2.07. The van der Waals surface area contributed by atoms with Gasteiger partial charge >= 0.3 is 6.01 Å². The van der Waals surface area contributed by atoms with Gasteiger partial charge in [0.05, 0.1) is 36.9 Å². The van der Waals surface area contributed by atoms with Crippen LogP contribution in [0, 0.1) is 17.2 Å². The third kappa shape index (κ3) is 5.77. The first-order valence-electron chi connectivity index (χ1n) is 14.5. The molecule has 11 heteroatoms. The van der Waals surface area contributed by atoms with Crippen molar-refractivity contribution in [3.63, 3.8) is 0 Å². The van der Waals surface area contributed by atoms with E-state index in [1.807, 2.05) is 41.3 Å². The largest absolute Gasteiger partial charge is 0.458 e. The summed E-state index contributed by atoms with van der Waals surface area (Å²) in [4.78, 5) is 28.0. The number of ether oxygens (including phenoxy) is 2. The minimum Gasteiger partial charge on any atom is -0.458 e. The molecule has 9 nitrogen and oxygen atoms in total. The zero-order valence-corrected chi connectivity index (χ0v) is 25.1. The van der Waals surface area contributed by atoms with Crippen molar-refractivity contribution < 1.29 is 18.7 Å². The number of nitriles is 1. The summed E-state index contributed by atoms with van der Waals surface area (Å²) in [6.07, 6.45) is 0.214. The van der Waals surface area contributed by atoms with Crippen LogP contribution < -0.4 is 9.64 Å². The van der Waals surface area contributed by atoms with Crippen LogP contribution in [-0.4, -0.2) is 77.6 Å². The average Bonchev–Trinajstić information content (AvgIpc) is 3.31. The van der Waals surface area contributed by atoms with Crippen molar-refractivity contribution in [2.24, 2.45) is 5.92 Å². The van der Waals surface area contributed by atoms with Crippen LogP contribution in [0.4, 0.5) is 10.2 Å². The van der Waals surface area contributed by atoms with Crippen molar-refractivity contribution in [2.45, 2.75) is 44.6 Å². The fourth-order valence-corrected chi connectivity index (χ4v) is 6.84. The minimum absolute atomic E-state index is 0.0541. The minimum atomic E-state index is -1.03. The quantitative estimate of drug-likeness (QED) is 0.369. The lowest BCUT2D eigenvalue weighted by Crippen LogP contribution is -2.55. The molecular formula is C32H34ClFN6O3. The van der Waals surface area contributed by atoms with Crippen LogP contribution in [-0.2, 0) is 22.6 Å². The first-order valence-corrected chi connectivity index (χ1v) is 14.9. The van der Waals surface area contributed by atoms with Crippen LogP contribution >= 0.6 is 11.6 Å². The van der Waals surface area contributed by atoms with Gasteiger partial charge in [-0.05, 0) is 24.1 Å². The number of fused-ring (bicyclic) bond motifs is 2. The Bertz CT molecular complexity index is 1610. The molecule has 0 spiro atoms. The number of hydrogen-bond acceptors (Lipinski definition) is 8. The number of rotatable bonds is 6. The standard InChI is InChI=1S/C32H34ClFN6O3/c1-19-15-38(3)17-28(19)43-32-36-26-14-27(23-8-4-6-21-7-5-9-25(33)29(21)23)42-18-24(26)30(37-32)39-12-13-40(31(41)20(2)34)22(16-39)10-11-35/h4-9,19,22,27-28H,2,10,12-18H2,1,3H3/t19?,22-,27?,28?/m0/s1. The smallest absolute Gasteiger partial charge is 0.318 e. The first-order chi connectivity index (χ1) is 20.7. The molecule has 224 valence electrons. The highest BCUT2D eigenvalue weighted by atomic mass is 35.5. The molecule has 43 heavy (non-hydrogen) atoms. The number of halogens is 2. The van der Waals surface area contributed by atoms with Crippen molar-refractivity contribution >= 4 is 34.1 Å². The Balaban J connectivity index is 1.36. The Morgan fingerprint density at radius 2 is 2.00 bits per heavy atom. The van der Waals surface area contributed by atoms with Crippen LogP contribution in [0.15, 0.2) is 48.8 Å².